The Hall–Kier alpha value is -1.40. The van der Waals surface area contributed by atoms with Gasteiger partial charge in [0.2, 0.25) is 0 Å². The monoisotopic (exact) mass is 331 g/mol. The molecule has 94 valence electrons. The Bertz CT molecular complexity index is 641. The number of benzene rings is 1. The fraction of sp³-hybridized carbons (Fsp3) is 0.0909. The molecule has 0 bridgehead atoms. The van der Waals surface area contributed by atoms with Crippen LogP contribution in [-0.4, -0.2) is 15.5 Å². The number of amides is 1. The molecule has 2 aromatic rings. The van der Waals surface area contributed by atoms with Crippen molar-refractivity contribution >= 4 is 33.4 Å². The Labute approximate surface area is 116 Å². The molecule has 0 unspecified atom stereocenters. The van der Waals surface area contributed by atoms with Crippen LogP contribution in [0.2, 0.25) is 5.02 Å². The van der Waals surface area contributed by atoms with E-state index in [1.54, 1.807) is 13.1 Å². The van der Waals surface area contributed by atoms with Crippen molar-refractivity contribution in [3.8, 4) is 11.4 Å². The van der Waals surface area contributed by atoms with Crippen LogP contribution in [0.3, 0.4) is 0 Å². The summed E-state index contributed by atoms with van der Waals surface area (Å²) in [5, 5.41) is 0.0298. The van der Waals surface area contributed by atoms with E-state index in [0.29, 0.717) is 16.0 Å². The van der Waals surface area contributed by atoms with Gasteiger partial charge < -0.3 is 10.3 Å². The second kappa shape index (κ2) is 4.70. The second-order valence-corrected chi connectivity index (χ2v) is 4.79. The first kappa shape index (κ1) is 13.0. The zero-order valence-electron chi connectivity index (χ0n) is 9.25. The number of hydrogen-bond acceptors (Lipinski definition) is 2. The third-order valence-corrected chi connectivity index (χ3v) is 3.32. The summed E-state index contributed by atoms with van der Waals surface area (Å²) in [4.78, 5) is 15.4. The smallest absolute Gasteiger partial charge is 0.268 e. The van der Waals surface area contributed by atoms with Gasteiger partial charge in [-0.1, -0.05) is 11.6 Å². The number of hydrogen-bond donors (Lipinski definition) is 1. The summed E-state index contributed by atoms with van der Waals surface area (Å²) in [6, 6.07) is 4.30. The molecule has 0 aliphatic rings. The maximum Gasteiger partial charge on any atom is 0.268 e. The first-order valence-electron chi connectivity index (χ1n) is 4.89. The molecule has 0 spiro atoms. The Kier molecular flexibility index (Phi) is 3.41. The van der Waals surface area contributed by atoms with E-state index in [4.69, 9.17) is 17.3 Å². The Balaban J connectivity index is 2.61. The summed E-state index contributed by atoms with van der Waals surface area (Å²) >= 11 is 8.76. The van der Waals surface area contributed by atoms with Crippen LogP contribution < -0.4 is 5.73 Å². The molecule has 18 heavy (non-hydrogen) atoms. The maximum absolute atomic E-state index is 13.4. The van der Waals surface area contributed by atoms with Crippen LogP contribution in [0.4, 0.5) is 4.39 Å². The lowest BCUT2D eigenvalue weighted by atomic mass is 10.2. The first-order chi connectivity index (χ1) is 8.41. The van der Waals surface area contributed by atoms with Gasteiger partial charge in [0.05, 0.1) is 5.02 Å². The summed E-state index contributed by atoms with van der Waals surface area (Å²) < 4.78 is 15.2. The quantitative estimate of drug-likeness (QED) is 0.919. The van der Waals surface area contributed by atoms with Crippen LogP contribution in [0.25, 0.3) is 11.4 Å². The molecule has 0 fully saturated rings. The van der Waals surface area contributed by atoms with Gasteiger partial charge >= 0.3 is 0 Å². The van der Waals surface area contributed by atoms with Crippen molar-refractivity contribution in [1.29, 1.82) is 0 Å². The molecule has 0 saturated heterocycles. The minimum Gasteiger partial charge on any atom is -0.364 e. The number of aromatic nitrogens is 2. The van der Waals surface area contributed by atoms with Crippen LogP contribution in [0, 0.1) is 5.82 Å². The van der Waals surface area contributed by atoms with Gasteiger partial charge in [-0.15, -0.1) is 0 Å². The van der Waals surface area contributed by atoms with E-state index in [-0.39, 0.29) is 10.7 Å². The van der Waals surface area contributed by atoms with Crippen LogP contribution in [0.15, 0.2) is 22.8 Å². The van der Waals surface area contributed by atoms with E-state index in [1.807, 2.05) is 0 Å². The zero-order chi connectivity index (χ0) is 13.4. The number of carbonyl (C=O) groups is 1. The molecule has 1 aromatic carbocycles. The van der Waals surface area contributed by atoms with E-state index in [0.717, 1.165) is 0 Å². The van der Waals surface area contributed by atoms with Crippen LogP contribution in [-0.2, 0) is 7.05 Å². The summed E-state index contributed by atoms with van der Waals surface area (Å²) in [6.45, 7) is 0. The highest BCUT2D eigenvalue weighted by Gasteiger charge is 2.18. The summed E-state index contributed by atoms with van der Waals surface area (Å²) in [5.74, 6) is -0.738. The molecule has 4 nitrogen and oxygen atoms in total. The van der Waals surface area contributed by atoms with E-state index in [2.05, 4.69) is 20.9 Å². The topological polar surface area (TPSA) is 60.9 Å². The second-order valence-electron chi connectivity index (χ2n) is 3.63. The molecular formula is C11H8BrClFN3O. The minimum absolute atomic E-state index is 0.0298. The maximum atomic E-state index is 13.4. The molecule has 2 N–H and O–H groups in total. The Morgan fingerprint density at radius 1 is 1.56 bits per heavy atom. The summed E-state index contributed by atoms with van der Waals surface area (Å²) in [5.41, 5.74) is 5.97. The largest absolute Gasteiger partial charge is 0.364 e. The molecule has 0 saturated carbocycles. The van der Waals surface area contributed by atoms with Gasteiger partial charge in [-0.3, -0.25) is 4.79 Å². The zero-order valence-corrected chi connectivity index (χ0v) is 11.6. The number of imidazole rings is 1. The molecule has 0 aliphatic heterocycles. The van der Waals surface area contributed by atoms with Gasteiger partial charge in [0.1, 0.15) is 21.9 Å². The number of halogens is 3. The lowest BCUT2D eigenvalue weighted by molar-refractivity contribution is 0.0992. The first-order valence-corrected chi connectivity index (χ1v) is 6.06. The number of nitrogens with zero attached hydrogens (tertiary/aromatic N) is 2. The van der Waals surface area contributed by atoms with E-state index < -0.39 is 11.7 Å². The molecule has 0 atom stereocenters. The lowest BCUT2D eigenvalue weighted by Gasteiger charge is -2.04. The molecule has 1 amide bonds. The predicted molar refractivity (Wildman–Crippen MR) is 69.8 cm³/mol. The molecule has 1 aromatic heterocycles. The minimum atomic E-state index is -0.613. The van der Waals surface area contributed by atoms with Gasteiger partial charge in [0, 0.05) is 12.6 Å². The Morgan fingerprint density at radius 3 is 2.72 bits per heavy atom. The van der Waals surface area contributed by atoms with Crippen LogP contribution in [0.1, 0.15) is 10.5 Å². The molecule has 1 heterocycles. The molecule has 2 rings (SSSR count). The van der Waals surface area contributed by atoms with Gasteiger partial charge in [-0.25, -0.2) is 9.37 Å². The fourth-order valence-electron chi connectivity index (χ4n) is 1.63. The van der Waals surface area contributed by atoms with Gasteiger partial charge in [0.15, 0.2) is 0 Å². The van der Waals surface area contributed by atoms with E-state index in [9.17, 15) is 9.18 Å². The number of carbonyl (C=O) groups excluding carboxylic acids is 1. The van der Waals surface area contributed by atoms with Crippen molar-refractivity contribution < 1.29 is 9.18 Å². The molecule has 7 heteroatoms. The third-order valence-electron chi connectivity index (χ3n) is 2.46. The number of rotatable bonds is 2. The standard InChI is InChI=1S/C11H8BrClFN3O/c1-17-8(10(15)18)9(12)16-11(17)5-2-3-6(13)7(14)4-5/h2-4H,1H3,(H2,15,18). The highest BCUT2D eigenvalue weighted by molar-refractivity contribution is 9.10. The number of primary amides is 1. The summed E-state index contributed by atoms with van der Waals surface area (Å²) in [7, 11) is 1.62. The lowest BCUT2D eigenvalue weighted by Crippen LogP contribution is -2.16. The van der Waals surface area contributed by atoms with Gasteiger partial charge in [-0.05, 0) is 34.1 Å². The van der Waals surface area contributed by atoms with E-state index in [1.165, 1.54) is 16.7 Å². The predicted octanol–water partition coefficient (Wildman–Crippen LogP) is 2.74. The van der Waals surface area contributed by atoms with Crippen molar-refractivity contribution in [1.82, 2.24) is 9.55 Å². The third kappa shape index (κ3) is 2.13. The average Bonchev–Trinajstić information content (AvgIpc) is 2.58. The molecule has 0 radical (unpaired) electrons. The molecule has 0 aliphatic carbocycles. The van der Waals surface area contributed by atoms with Crippen molar-refractivity contribution in [3.05, 3.63) is 39.3 Å². The SMILES string of the molecule is Cn1c(-c2ccc(Cl)c(F)c2)nc(Br)c1C(N)=O. The fourth-order valence-corrected chi connectivity index (χ4v) is 2.37. The summed E-state index contributed by atoms with van der Waals surface area (Å²) in [6.07, 6.45) is 0. The van der Waals surface area contributed by atoms with E-state index >= 15 is 0 Å². The van der Waals surface area contributed by atoms with Crippen molar-refractivity contribution in [2.45, 2.75) is 0 Å². The Morgan fingerprint density at radius 2 is 2.22 bits per heavy atom. The normalized spacial score (nSPS) is 10.7. The van der Waals surface area contributed by atoms with Crippen molar-refractivity contribution in [2.75, 3.05) is 0 Å². The van der Waals surface area contributed by atoms with Crippen LogP contribution in [0.5, 0.6) is 0 Å². The highest BCUT2D eigenvalue weighted by atomic mass is 79.9. The van der Waals surface area contributed by atoms with Crippen molar-refractivity contribution in [3.63, 3.8) is 0 Å². The average molecular weight is 333 g/mol. The van der Waals surface area contributed by atoms with Crippen LogP contribution >= 0.6 is 27.5 Å². The van der Waals surface area contributed by atoms with Gasteiger partial charge in [0.25, 0.3) is 5.91 Å². The van der Waals surface area contributed by atoms with Crippen molar-refractivity contribution in [2.24, 2.45) is 12.8 Å². The van der Waals surface area contributed by atoms with Gasteiger partial charge in [-0.2, -0.15) is 0 Å². The molecular weight excluding hydrogens is 324 g/mol. The number of nitrogens with two attached hydrogens (primary N) is 1. The highest BCUT2D eigenvalue weighted by Crippen LogP contribution is 2.27.